The maximum atomic E-state index is 12.9. The van der Waals surface area contributed by atoms with Gasteiger partial charge in [-0.15, -0.1) is 0 Å². The average Bonchev–Trinajstić information content (AvgIpc) is 2.84. The topological polar surface area (TPSA) is 15.7 Å². The average molecular weight is 477 g/mol. The molecule has 1 aliphatic heterocycles. The van der Waals surface area contributed by atoms with Crippen LogP contribution in [0.25, 0.3) is 0 Å². The molecular formula is C28H39F3N2O. The summed E-state index contributed by atoms with van der Waals surface area (Å²) in [5.74, 6) is 1.77. The summed E-state index contributed by atoms with van der Waals surface area (Å²) in [5.41, 5.74) is 1.91. The molecule has 2 aromatic rings. The molecule has 0 radical (unpaired) electrons. The minimum Gasteiger partial charge on any atom is -0.493 e. The third kappa shape index (κ3) is 6.91. The van der Waals surface area contributed by atoms with Gasteiger partial charge in [-0.2, -0.15) is 13.2 Å². The summed E-state index contributed by atoms with van der Waals surface area (Å²) in [6, 6.07) is 13.9. The van der Waals surface area contributed by atoms with Gasteiger partial charge in [0.15, 0.2) is 0 Å². The van der Waals surface area contributed by atoms with Gasteiger partial charge in [-0.3, -0.25) is 0 Å². The summed E-state index contributed by atoms with van der Waals surface area (Å²) < 4.78 is 44.7. The number of alkyl halides is 3. The van der Waals surface area contributed by atoms with Crippen molar-refractivity contribution in [2.75, 3.05) is 44.2 Å². The van der Waals surface area contributed by atoms with Crippen LogP contribution in [0.1, 0.15) is 57.6 Å². The third-order valence-corrected chi connectivity index (χ3v) is 7.18. The lowest BCUT2D eigenvalue weighted by atomic mass is 9.80. The molecule has 1 aliphatic rings. The molecule has 188 valence electrons. The second-order valence-electron chi connectivity index (χ2n) is 9.53. The van der Waals surface area contributed by atoms with E-state index in [4.69, 9.17) is 4.74 Å². The summed E-state index contributed by atoms with van der Waals surface area (Å²) in [5, 5.41) is 0. The number of piperidine rings is 1. The molecule has 0 aliphatic carbocycles. The maximum absolute atomic E-state index is 12.9. The van der Waals surface area contributed by atoms with E-state index in [2.05, 4.69) is 61.8 Å². The Balaban J connectivity index is 1.73. The van der Waals surface area contributed by atoms with Crippen LogP contribution >= 0.6 is 0 Å². The fraction of sp³-hybridized carbons (Fsp3) is 0.571. The van der Waals surface area contributed by atoms with Gasteiger partial charge in [-0.25, -0.2) is 0 Å². The van der Waals surface area contributed by atoms with E-state index in [0.29, 0.717) is 24.2 Å². The van der Waals surface area contributed by atoms with Crippen LogP contribution in [-0.2, 0) is 6.18 Å². The van der Waals surface area contributed by atoms with Crippen LogP contribution in [0.3, 0.4) is 0 Å². The lowest BCUT2D eigenvalue weighted by molar-refractivity contribution is -0.137. The molecule has 1 heterocycles. The van der Waals surface area contributed by atoms with E-state index in [1.54, 1.807) is 0 Å². The summed E-state index contributed by atoms with van der Waals surface area (Å²) in [6.45, 7) is 14.4. The molecule has 3 nitrogen and oxygen atoms in total. The molecule has 0 N–H and O–H groups in total. The highest BCUT2D eigenvalue weighted by Gasteiger charge is 2.32. The Hall–Kier alpha value is -2.21. The van der Waals surface area contributed by atoms with Crippen LogP contribution in [0.15, 0.2) is 48.5 Å². The SMILES string of the molecule is CCC(C)CN1CC[C@@H](c2ccc(N(CC)CC)cc2)[C@H](COc2ccc(C(F)(F)F)cc2)C1. The Morgan fingerprint density at radius 1 is 1.00 bits per heavy atom. The van der Waals surface area contributed by atoms with Crippen molar-refractivity contribution in [3.05, 3.63) is 59.7 Å². The number of likely N-dealkylation sites (tertiary alicyclic amines) is 1. The lowest BCUT2D eigenvalue weighted by Gasteiger charge is -2.40. The highest BCUT2D eigenvalue weighted by molar-refractivity contribution is 5.48. The van der Waals surface area contributed by atoms with Crippen LogP contribution in [0.2, 0.25) is 0 Å². The highest BCUT2D eigenvalue weighted by Crippen LogP contribution is 2.35. The Labute approximate surface area is 202 Å². The van der Waals surface area contributed by atoms with Gasteiger partial charge in [-0.05, 0) is 80.6 Å². The Bertz CT molecular complexity index is 863. The Kier molecular flexibility index (Phi) is 9.29. The van der Waals surface area contributed by atoms with Crippen LogP contribution in [0.5, 0.6) is 5.75 Å². The Morgan fingerprint density at radius 2 is 1.65 bits per heavy atom. The lowest BCUT2D eigenvalue weighted by Crippen LogP contribution is -2.43. The van der Waals surface area contributed by atoms with Crippen LogP contribution in [-0.4, -0.2) is 44.2 Å². The zero-order chi connectivity index (χ0) is 24.7. The van der Waals surface area contributed by atoms with E-state index < -0.39 is 11.7 Å². The van der Waals surface area contributed by atoms with Gasteiger partial charge in [0.25, 0.3) is 0 Å². The third-order valence-electron chi connectivity index (χ3n) is 7.18. The molecule has 1 unspecified atom stereocenters. The van der Waals surface area contributed by atoms with Crippen LogP contribution < -0.4 is 9.64 Å². The van der Waals surface area contributed by atoms with E-state index in [-0.39, 0.29) is 5.92 Å². The monoisotopic (exact) mass is 476 g/mol. The molecule has 3 rings (SSSR count). The van der Waals surface area contributed by atoms with Gasteiger partial charge in [0.2, 0.25) is 0 Å². The molecule has 0 amide bonds. The summed E-state index contributed by atoms with van der Waals surface area (Å²) in [6.07, 6.45) is -2.12. The zero-order valence-corrected chi connectivity index (χ0v) is 20.9. The van der Waals surface area contributed by atoms with E-state index in [1.165, 1.54) is 23.4 Å². The number of ether oxygens (including phenoxy) is 1. The van der Waals surface area contributed by atoms with Crippen molar-refractivity contribution < 1.29 is 17.9 Å². The second kappa shape index (κ2) is 12.0. The molecule has 34 heavy (non-hydrogen) atoms. The molecule has 6 heteroatoms. The molecule has 2 aromatic carbocycles. The summed E-state index contributed by atoms with van der Waals surface area (Å²) >= 11 is 0. The first-order chi connectivity index (χ1) is 16.2. The molecule has 1 saturated heterocycles. The van der Waals surface area contributed by atoms with Crippen molar-refractivity contribution in [2.24, 2.45) is 11.8 Å². The Morgan fingerprint density at radius 3 is 2.21 bits per heavy atom. The number of anilines is 1. The summed E-state index contributed by atoms with van der Waals surface area (Å²) in [4.78, 5) is 4.86. The zero-order valence-electron chi connectivity index (χ0n) is 20.9. The quantitative estimate of drug-likeness (QED) is 0.364. The standard InChI is InChI=1S/C28H39F3N2O/c1-5-21(4)18-32-17-16-27(22-8-12-25(13-9-22)33(6-2)7-3)23(19-32)20-34-26-14-10-24(11-15-26)28(29,30)31/h8-15,21,23,27H,5-7,16-20H2,1-4H3/t21?,23-,27-/m0/s1. The molecule has 1 fully saturated rings. The maximum Gasteiger partial charge on any atom is 0.416 e. The van der Waals surface area contributed by atoms with Crippen molar-refractivity contribution in [1.82, 2.24) is 4.90 Å². The fourth-order valence-electron chi connectivity index (χ4n) is 4.92. The number of halogens is 3. The first-order valence-corrected chi connectivity index (χ1v) is 12.6. The smallest absolute Gasteiger partial charge is 0.416 e. The van der Waals surface area contributed by atoms with Crippen molar-refractivity contribution in [3.63, 3.8) is 0 Å². The molecule has 0 aromatic heterocycles. The minimum atomic E-state index is -4.33. The van der Waals surface area contributed by atoms with E-state index in [9.17, 15) is 13.2 Å². The largest absolute Gasteiger partial charge is 0.493 e. The highest BCUT2D eigenvalue weighted by atomic mass is 19.4. The van der Waals surface area contributed by atoms with Crippen molar-refractivity contribution >= 4 is 5.69 Å². The molecule has 0 saturated carbocycles. The van der Waals surface area contributed by atoms with Crippen LogP contribution in [0.4, 0.5) is 18.9 Å². The van der Waals surface area contributed by atoms with Crippen molar-refractivity contribution in [1.29, 1.82) is 0 Å². The first kappa shape index (κ1) is 26.4. The number of hydrogen-bond donors (Lipinski definition) is 0. The molecular weight excluding hydrogens is 437 g/mol. The predicted molar refractivity (Wildman–Crippen MR) is 134 cm³/mol. The summed E-state index contributed by atoms with van der Waals surface area (Å²) in [7, 11) is 0. The molecule has 3 atom stereocenters. The fourth-order valence-corrected chi connectivity index (χ4v) is 4.92. The van der Waals surface area contributed by atoms with Gasteiger partial charge in [0.05, 0.1) is 12.2 Å². The van der Waals surface area contributed by atoms with Gasteiger partial charge in [-0.1, -0.05) is 32.4 Å². The van der Waals surface area contributed by atoms with Gasteiger partial charge >= 0.3 is 6.18 Å². The number of nitrogens with zero attached hydrogens (tertiary/aromatic N) is 2. The number of hydrogen-bond acceptors (Lipinski definition) is 3. The molecule has 0 spiro atoms. The second-order valence-corrected chi connectivity index (χ2v) is 9.53. The number of rotatable bonds is 10. The van der Waals surface area contributed by atoms with E-state index in [1.807, 2.05) is 0 Å². The van der Waals surface area contributed by atoms with E-state index >= 15 is 0 Å². The van der Waals surface area contributed by atoms with Gasteiger partial charge in [0, 0.05) is 37.8 Å². The molecule has 0 bridgehead atoms. The number of benzene rings is 2. The van der Waals surface area contributed by atoms with Crippen LogP contribution in [0, 0.1) is 11.8 Å². The van der Waals surface area contributed by atoms with E-state index in [0.717, 1.165) is 57.7 Å². The van der Waals surface area contributed by atoms with Gasteiger partial charge in [0.1, 0.15) is 5.75 Å². The minimum absolute atomic E-state index is 0.277. The predicted octanol–water partition coefficient (Wildman–Crippen LogP) is 7.08. The first-order valence-electron chi connectivity index (χ1n) is 12.6. The van der Waals surface area contributed by atoms with Crippen molar-refractivity contribution in [2.45, 2.75) is 52.6 Å². The normalized spacial score (nSPS) is 20.2. The van der Waals surface area contributed by atoms with Gasteiger partial charge < -0.3 is 14.5 Å². The van der Waals surface area contributed by atoms with Crippen molar-refractivity contribution in [3.8, 4) is 5.75 Å².